The van der Waals surface area contributed by atoms with Crippen molar-refractivity contribution >= 4 is 44.0 Å². The normalized spacial score (nSPS) is 18.0. The second-order valence-corrected chi connectivity index (χ2v) is 12.0. The Balaban J connectivity index is 1.54. The molecule has 0 amide bonds. The largest absolute Gasteiger partial charge is 0.383 e. The average molecular weight is 575 g/mol. The summed E-state index contributed by atoms with van der Waals surface area (Å²) >= 11 is 6.06. The van der Waals surface area contributed by atoms with Gasteiger partial charge in [-0.15, -0.1) is 0 Å². The van der Waals surface area contributed by atoms with Gasteiger partial charge in [-0.1, -0.05) is 29.8 Å². The lowest BCUT2D eigenvalue weighted by Crippen LogP contribution is -2.26. The van der Waals surface area contributed by atoms with Crippen molar-refractivity contribution in [3.8, 4) is 11.3 Å². The van der Waals surface area contributed by atoms with Crippen molar-refractivity contribution in [2.24, 2.45) is 5.73 Å². The Morgan fingerprint density at radius 3 is 2.54 bits per heavy atom. The number of pyridine rings is 1. The Kier molecular flexibility index (Phi) is 7.49. The van der Waals surface area contributed by atoms with Crippen LogP contribution in [0, 0.1) is 11.6 Å². The topological polar surface area (TPSA) is 129 Å². The summed E-state index contributed by atoms with van der Waals surface area (Å²) in [7, 11) is -4.09. The maximum Gasteiger partial charge on any atom is 0.237 e. The Morgan fingerprint density at radius 2 is 1.85 bits per heavy atom. The van der Waals surface area contributed by atoms with E-state index in [-0.39, 0.29) is 34.1 Å². The maximum absolute atomic E-state index is 15.5. The number of benzene rings is 2. The van der Waals surface area contributed by atoms with Gasteiger partial charge in [0.25, 0.3) is 0 Å². The van der Waals surface area contributed by atoms with Crippen LogP contribution >= 0.6 is 11.6 Å². The molecule has 0 saturated heterocycles. The Morgan fingerprint density at radius 1 is 1.13 bits per heavy atom. The van der Waals surface area contributed by atoms with Gasteiger partial charge in [-0.05, 0) is 61.8 Å². The third kappa shape index (κ3) is 5.43. The van der Waals surface area contributed by atoms with Gasteiger partial charge in [0, 0.05) is 35.4 Å². The van der Waals surface area contributed by atoms with E-state index in [0.29, 0.717) is 17.5 Å². The zero-order valence-electron chi connectivity index (χ0n) is 21.3. The summed E-state index contributed by atoms with van der Waals surface area (Å²) in [6.45, 7) is 2.38. The predicted octanol–water partition coefficient (Wildman–Crippen LogP) is 5.56. The zero-order chi connectivity index (χ0) is 27.9. The SMILES string of the molecule is CCn1nc(-c2cc(F)c(NS(=O)(=O)Cc3ccccc3Cl)cc2F)c2c(N)ncc(C3CCC(N)CC3)c21. The lowest BCUT2D eigenvalue weighted by atomic mass is 9.82. The molecule has 8 nitrogen and oxygen atoms in total. The van der Waals surface area contributed by atoms with Crippen LogP contribution in [0.5, 0.6) is 0 Å². The minimum atomic E-state index is -4.09. The Hall–Kier alpha value is -3.28. The van der Waals surface area contributed by atoms with Crippen molar-refractivity contribution in [1.29, 1.82) is 0 Å². The molecular weight excluding hydrogens is 546 g/mol. The van der Waals surface area contributed by atoms with E-state index < -0.39 is 33.1 Å². The number of sulfonamides is 1. The van der Waals surface area contributed by atoms with E-state index in [9.17, 15) is 8.42 Å². The fourth-order valence-electron chi connectivity index (χ4n) is 5.24. The summed E-state index contributed by atoms with van der Waals surface area (Å²) in [4.78, 5) is 4.37. The molecule has 2 aromatic carbocycles. The maximum atomic E-state index is 15.5. The minimum Gasteiger partial charge on any atom is -0.383 e. The van der Waals surface area contributed by atoms with E-state index in [0.717, 1.165) is 48.9 Å². The molecule has 5 N–H and O–H groups in total. The average Bonchev–Trinajstić information content (AvgIpc) is 3.28. The molecular formula is C27H29ClF2N6O2S. The van der Waals surface area contributed by atoms with Crippen molar-refractivity contribution in [1.82, 2.24) is 14.8 Å². The van der Waals surface area contributed by atoms with E-state index in [1.165, 1.54) is 0 Å². The highest BCUT2D eigenvalue weighted by Crippen LogP contribution is 2.41. The number of nitrogens with zero attached hydrogens (tertiary/aromatic N) is 3. The van der Waals surface area contributed by atoms with Crippen LogP contribution in [0.4, 0.5) is 20.3 Å². The number of anilines is 2. The first-order chi connectivity index (χ1) is 18.6. The Labute approximate surface area is 230 Å². The highest BCUT2D eigenvalue weighted by Gasteiger charge is 2.28. The lowest BCUT2D eigenvalue weighted by molar-refractivity contribution is 0.395. The smallest absolute Gasteiger partial charge is 0.237 e. The molecule has 1 saturated carbocycles. The monoisotopic (exact) mass is 574 g/mol. The molecule has 0 unspecified atom stereocenters. The fourth-order valence-corrected chi connectivity index (χ4v) is 6.75. The van der Waals surface area contributed by atoms with Gasteiger partial charge in [-0.3, -0.25) is 9.40 Å². The number of aryl methyl sites for hydroxylation is 1. The zero-order valence-corrected chi connectivity index (χ0v) is 22.9. The van der Waals surface area contributed by atoms with Gasteiger partial charge in [-0.2, -0.15) is 5.10 Å². The lowest BCUT2D eigenvalue weighted by Gasteiger charge is -2.27. The summed E-state index contributed by atoms with van der Waals surface area (Å²) in [5, 5.41) is 5.29. The number of rotatable bonds is 7. The molecule has 1 aliphatic rings. The van der Waals surface area contributed by atoms with Gasteiger partial charge in [0.1, 0.15) is 23.1 Å². The summed E-state index contributed by atoms with van der Waals surface area (Å²) in [6.07, 6.45) is 5.29. The second kappa shape index (κ2) is 10.7. The third-order valence-corrected chi connectivity index (χ3v) is 8.81. The van der Waals surface area contributed by atoms with Crippen molar-refractivity contribution in [3.63, 3.8) is 0 Å². The first kappa shape index (κ1) is 27.3. The van der Waals surface area contributed by atoms with Crippen LogP contribution in [0.1, 0.15) is 49.7 Å². The summed E-state index contributed by atoms with van der Waals surface area (Å²) in [6, 6.07) is 8.31. The third-order valence-electron chi connectivity index (χ3n) is 7.22. The Bertz CT molecular complexity index is 1650. The molecule has 5 rings (SSSR count). The highest BCUT2D eigenvalue weighted by atomic mass is 35.5. The number of fused-ring (bicyclic) bond motifs is 1. The van der Waals surface area contributed by atoms with Crippen LogP contribution in [-0.4, -0.2) is 29.2 Å². The number of aromatic nitrogens is 3. The number of nitrogen functional groups attached to an aromatic ring is 1. The van der Waals surface area contributed by atoms with Crippen LogP contribution in [0.25, 0.3) is 22.2 Å². The molecule has 4 aromatic rings. The van der Waals surface area contributed by atoms with Crippen LogP contribution < -0.4 is 16.2 Å². The molecule has 0 radical (unpaired) electrons. The number of halogens is 3. The van der Waals surface area contributed by atoms with Gasteiger partial charge >= 0.3 is 0 Å². The first-order valence-corrected chi connectivity index (χ1v) is 14.7. The number of nitrogens with one attached hydrogen (secondary N) is 1. The van der Waals surface area contributed by atoms with Crippen molar-refractivity contribution < 1.29 is 17.2 Å². The molecule has 0 atom stereocenters. The van der Waals surface area contributed by atoms with Gasteiger partial charge in [0.15, 0.2) is 0 Å². The van der Waals surface area contributed by atoms with Gasteiger partial charge < -0.3 is 11.5 Å². The molecule has 2 heterocycles. The summed E-state index contributed by atoms with van der Waals surface area (Å²) in [5.74, 6) is -1.97. The van der Waals surface area contributed by atoms with Gasteiger partial charge in [-0.25, -0.2) is 22.2 Å². The summed E-state index contributed by atoms with van der Waals surface area (Å²) in [5.41, 5.74) is 13.9. The van der Waals surface area contributed by atoms with Crippen molar-refractivity contribution in [3.05, 3.63) is 70.4 Å². The van der Waals surface area contributed by atoms with E-state index in [4.69, 9.17) is 23.1 Å². The van der Waals surface area contributed by atoms with Crippen LogP contribution in [0.2, 0.25) is 5.02 Å². The fraction of sp³-hybridized carbons (Fsp3) is 0.333. The molecule has 206 valence electrons. The first-order valence-electron chi connectivity index (χ1n) is 12.7. The molecule has 1 aliphatic carbocycles. The van der Waals surface area contributed by atoms with Gasteiger partial charge in [0.05, 0.1) is 22.3 Å². The van der Waals surface area contributed by atoms with Crippen LogP contribution in [-0.2, 0) is 22.3 Å². The number of hydrogen-bond acceptors (Lipinski definition) is 6. The molecule has 12 heteroatoms. The predicted molar refractivity (Wildman–Crippen MR) is 150 cm³/mol. The molecule has 1 fully saturated rings. The van der Waals surface area contributed by atoms with E-state index in [1.54, 1.807) is 35.1 Å². The van der Waals surface area contributed by atoms with Crippen molar-refractivity contribution in [2.45, 2.75) is 56.9 Å². The van der Waals surface area contributed by atoms with Gasteiger partial charge in [0.2, 0.25) is 10.0 Å². The highest BCUT2D eigenvalue weighted by molar-refractivity contribution is 7.91. The molecule has 0 aliphatic heterocycles. The number of hydrogen-bond donors (Lipinski definition) is 3. The van der Waals surface area contributed by atoms with E-state index >= 15 is 8.78 Å². The van der Waals surface area contributed by atoms with Crippen LogP contribution in [0.15, 0.2) is 42.6 Å². The van der Waals surface area contributed by atoms with E-state index in [1.807, 2.05) is 6.92 Å². The molecule has 0 spiro atoms. The standard InChI is InChI=1S/C27H29ClF2N6O2S/c1-2-36-26-19(15-7-9-17(31)10-8-15)13-33-27(32)24(26)25(34-36)18-11-22(30)23(12-21(18)29)35-39(37,38)14-16-5-3-4-6-20(16)28/h3-6,11-13,15,17,35H,2,7-10,14,31H2,1H3,(H2,32,33). The minimum absolute atomic E-state index is 0.143. The molecule has 2 aromatic heterocycles. The quantitative estimate of drug-likeness (QED) is 0.265. The van der Waals surface area contributed by atoms with Crippen molar-refractivity contribution in [2.75, 3.05) is 10.5 Å². The second-order valence-electron chi connectivity index (χ2n) is 9.86. The summed E-state index contributed by atoms with van der Waals surface area (Å²) < 4.78 is 60.0. The number of nitrogens with two attached hydrogens (primary N) is 2. The van der Waals surface area contributed by atoms with E-state index in [2.05, 4.69) is 14.8 Å². The van der Waals surface area contributed by atoms with Crippen LogP contribution in [0.3, 0.4) is 0 Å². The molecule has 0 bridgehead atoms. The molecule has 39 heavy (non-hydrogen) atoms.